The summed E-state index contributed by atoms with van der Waals surface area (Å²) in [5.41, 5.74) is 0.617. The molecular weight excluding hydrogens is 308 g/mol. The molecule has 0 aromatic heterocycles. The first-order valence-electron chi connectivity index (χ1n) is 6.96. The Kier molecular flexibility index (Phi) is 6.47. The maximum Gasteiger partial charge on any atom is 0.373 e. The van der Waals surface area contributed by atoms with Crippen LogP contribution in [0.1, 0.15) is 49.0 Å². The predicted molar refractivity (Wildman–Crippen MR) is 78.6 cm³/mol. The number of halogens is 1. The number of rotatable bonds is 3. The van der Waals surface area contributed by atoms with E-state index in [9.17, 15) is 9.59 Å². The van der Waals surface area contributed by atoms with Crippen LogP contribution in [-0.4, -0.2) is 24.5 Å². The number of carbonyl (C=O) groups is 2. The number of hydrogen-bond acceptors (Lipinski definition) is 5. The van der Waals surface area contributed by atoms with Crippen LogP contribution in [0, 0.1) is 0 Å². The molecule has 0 saturated heterocycles. The Morgan fingerprint density at radius 2 is 2.00 bits per heavy atom. The largest absolute Gasteiger partial charge is 0.465 e. The molecule has 0 radical (unpaired) electrons. The van der Waals surface area contributed by atoms with E-state index in [0.29, 0.717) is 36.5 Å². The van der Waals surface area contributed by atoms with Crippen LogP contribution in [0.5, 0.6) is 0 Å². The molecule has 6 heteroatoms. The Bertz CT molecular complexity index is 605. The molecule has 1 aromatic rings. The van der Waals surface area contributed by atoms with Crippen LogP contribution in [0.3, 0.4) is 0 Å². The van der Waals surface area contributed by atoms with Crippen molar-refractivity contribution in [3.8, 4) is 0 Å². The fraction of sp³-hybridized carbons (Fsp3) is 0.438. The highest BCUT2D eigenvalue weighted by Crippen LogP contribution is 2.41. The van der Waals surface area contributed by atoms with E-state index in [-0.39, 0.29) is 17.9 Å². The maximum atomic E-state index is 12.3. The summed E-state index contributed by atoms with van der Waals surface area (Å²) in [6.45, 7) is 4.08. The van der Waals surface area contributed by atoms with Gasteiger partial charge in [0, 0.05) is 17.0 Å². The van der Waals surface area contributed by atoms with E-state index in [1.54, 1.807) is 25.1 Å². The highest BCUT2D eigenvalue weighted by Gasteiger charge is 2.45. The molecule has 0 fully saturated rings. The Hall–Kier alpha value is -1.97. The maximum absolute atomic E-state index is 12.3. The summed E-state index contributed by atoms with van der Waals surface area (Å²) in [7, 11) is 0. The average molecular weight is 325 g/mol. The molecule has 0 N–H and O–H groups in total. The van der Waals surface area contributed by atoms with Gasteiger partial charge >= 0.3 is 12.1 Å². The van der Waals surface area contributed by atoms with E-state index < -0.39 is 5.41 Å². The van der Waals surface area contributed by atoms with Gasteiger partial charge < -0.3 is 4.74 Å². The summed E-state index contributed by atoms with van der Waals surface area (Å²) in [5.74, 6) is -0.195. The van der Waals surface area contributed by atoms with Crippen LogP contribution in [-0.2, 0) is 24.5 Å². The number of fused-ring (bicyclic) bond motifs is 1. The van der Waals surface area contributed by atoms with Crippen LogP contribution >= 0.6 is 11.6 Å². The zero-order valence-electron chi connectivity index (χ0n) is 12.5. The first-order chi connectivity index (χ1) is 10.5. The van der Waals surface area contributed by atoms with Crippen LogP contribution in [0.4, 0.5) is 0 Å². The van der Waals surface area contributed by atoms with Crippen molar-refractivity contribution in [1.29, 1.82) is 0 Å². The first-order valence-corrected chi connectivity index (χ1v) is 7.34. The second kappa shape index (κ2) is 7.87. The lowest BCUT2D eigenvalue weighted by Gasteiger charge is -2.35. The third kappa shape index (κ3) is 3.43. The topological polar surface area (TPSA) is 77.5 Å². The van der Waals surface area contributed by atoms with Gasteiger partial charge in [-0.05, 0) is 37.5 Å². The monoisotopic (exact) mass is 324 g/mol. The molecule has 1 atom stereocenters. The van der Waals surface area contributed by atoms with E-state index in [1.165, 1.54) is 0 Å². The molecule has 1 aliphatic carbocycles. The van der Waals surface area contributed by atoms with Gasteiger partial charge in [0.05, 0.1) is 12.0 Å². The van der Waals surface area contributed by atoms with Crippen molar-refractivity contribution in [3.05, 3.63) is 34.3 Å². The first kappa shape index (κ1) is 18.1. The number of benzene rings is 1. The summed E-state index contributed by atoms with van der Waals surface area (Å²) in [5, 5.41) is 0.517. The minimum absolute atomic E-state index is 0.0471. The van der Waals surface area contributed by atoms with Crippen LogP contribution in [0.25, 0.3) is 0 Å². The third-order valence-corrected chi connectivity index (χ3v) is 4.08. The number of hydrogen-bond donors (Lipinski definition) is 0. The van der Waals surface area contributed by atoms with E-state index in [1.807, 2.05) is 6.92 Å². The van der Waals surface area contributed by atoms with Gasteiger partial charge in [-0.3, -0.25) is 9.59 Å². The number of ether oxygens (including phenoxy) is 1. The third-order valence-electron chi connectivity index (χ3n) is 3.85. The van der Waals surface area contributed by atoms with E-state index >= 15 is 0 Å². The second-order valence-corrected chi connectivity index (χ2v) is 5.29. The molecule has 0 heterocycles. The summed E-state index contributed by atoms with van der Waals surface area (Å²) in [6, 6.07) is 5.17. The standard InChI is InChI=1S/C15H17ClO3.CO2/c1-3-15(14(18)19-4-2)8-7-13(17)11-9-10(16)5-6-12(11)15;2-1-3/h5-6,9H,3-4,7-8H2,1-2H3;. The minimum atomic E-state index is -0.705. The molecule has 0 aliphatic heterocycles. The number of Topliss-reactive ketones (excluding diaryl/α,β-unsaturated/α-hetero) is 1. The van der Waals surface area contributed by atoms with Gasteiger partial charge in [-0.2, -0.15) is 9.59 Å². The molecule has 1 aliphatic rings. The van der Waals surface area contributed by atoms with Crippen LogP contribution in [0.15, 0.2) is 18.2 Å². The molecule has 1 unspecified atom stereocenters. The Balaban J connectivity index is 0.000000745. The Labute approximate surface area is 133 Å². The highest BCUT2D eigenvalue weighted by molar-refractivity contribution is 6.31. The quantitative estimate of drug-likeness (QED) is 0.799. The zero-order chi connectivity index (χ0) is 16.8. The zero-order valence-corrected chi connectivity index (χ0v) is 13.2. The van der Waals surface area contributed by atoms with Crippen molar-refractivity contribution in [2.75, 3.05) is 6.61 Å². The molecule has 118 valence electrons. The lowest BCUT2D eigenvalue weighted by atomic mass is 9.68. The molecule has 0 spiro atoms. The van der Waals surface area contributed by atoms with Gasteiger partial charge in [0.15, 0.2) is 5.78 Å². The number of esters is 1. The summed E-state index contributed by atoms with van der Waals surface area (Å²) < 4.78 is 5.21. The highest BCUT2D eigenvalue weighted by atomic mass is 35.5. The lowest BCUT2D eigenvalue weighted by Crippen LogP contribution is -2.41. The van der Waals surface area contributed by atoms with Crippen molar-refractivity contribution in [2.24, 2.45) is 0 Å². The number of carbonyl (C=O) groups excluding carboxylic acids is 4. The van der Waals surface area contributed by atoms with E-state index in [0.717, 1.165) is 5.56 Å². The fourth-order valence-corrected chi connectivity index (χ4v) is 2.93. The van der Waals surface area contributed by atoms with Gasteiger partial charge in [-0.15, -0.1) is 0 Å². The lowest BCUT2D eigenvalue weighted by molar-refractivity contribution is -0.191. The average Bonchev–Trinajstić information content (AvgIpc) is 2.49. The molecule has 22 heavy (non-hydrogen) atoms. The molecule has 0 bridgehead atoms. The fourth-order valence-electron chi connectivity index (χ4n) is 2.75. The van der Waals surface area contributed by atoms with Crippen LogP contribution < -0.4 is 0 Å². The SMILES string of the molecule is CCOC(=O)C1(CC)CCC(=O)c2cc(Cl)ccc21.O=C=O. The minimum Gasteiger partial charge on any atom is -0.465 e. The predicted octanol–water partition coefficient (Wildman–Crippen LogP) is 2.94. The van der Waals surface area contributed by atoms with Gasteiger partial charge in [0.1, 0.15) is 0 Å². The molecule has 5 nitrogen and oxygen atoms in total. The Morgan fingerprint density at radius 3 is 2.55 bits per heavy atom. The summed E-state index contributed by atoms with van der Waals surface area (Å²) >= 11 is 5.95. The van der Waals surface area contributed by atoms with Gasteiger partial charge in [-0.1, -0.05) is 24.6 Å². The molecule has 2 rings (SSSR count). The van der Waals surface area contributed by atoms with Crippen LogP contribution in [0.2, 0.25) is 5.02 Å². The van der Waals surface area contributed by atoms with Crippen molar-refractivity contribution < 1.29 is 23.9 Å². The summed E-state index contributed by atoms with van der Waals surface area (Å²) in [4.78, 5) is 40.6. The van der Waals surface area contributed by atoms with E-state index in [4.69, 9.17) is 25.9 Å². The van der Waals surface area contributed by atoms with Crippen molar-refractivity contribution in [3.63, 3.8) is 0 Å². The summed E-state index contributed by atoms with van der Waals surface area (Å²) in [6.07, 6.45) is 1.74. The molecular formula is C16H17ClO5. The van der Waals surface area contributed by atoms with Crippen molar-refractivity contribution >= 4 is 29.5 Å². The Morgan fingerprint density at radius 1 is 1.36 bits per heavy atom. The van der Waals surface area contributed by atoms with Crippen molar-refractivity contribution in [2.45, 2.75) is 38.5 Å². The van der Waals surface area contributed by atoms with Crippen molar-refractivity contribution in [1.82, 2.24) is 0 Å². The van der Waals surface area contributed by atoms with Gasteiger partial charge in [0.25, 0.3) is 0 Å². The number of ketones is 1. The van der Waals surface area contributed by atoms with E-state index in [2.05, 4.69) is 0 Å². The normalized spacial score (nSPS) is 19.3. The molecule has 0 amide bonds. The molecule has 1 aromatic carbocycles. The second-order valence-electron chi connectivity index (χ2n) is 4.85. The van der Waals surface area contributed by atoms with Gasteiger partial charge in [0.2, 0.25) is 0 Å². The smallest absolute Gasteiger partial charge is 0.373 e. The van der Waals surface area contributed by atoms with Gasteiger partial charge in [-0.25, -0.2) is 0 Å². The molecule has 0 saturated carbocycles.